The van der Waals surface area contributed by atoms with Crippen molar-refractivity contribution >= 4 is 11.6 Å². The van der Waals surface area contributed by atoms with Gasteiger partial charge in [-0.05, 0) is 25.9 Å². The first-order chi connectivity index (χ1) is 9.30. The smallest absolute Gasteiger partial charge is 0.147 e. The molecule has 5 nitrogen and oxygen atoms in total. The topological polar surface area (TPSA) is 53.1 Å². The lowest BCUT2D eigenvalue weighted by Gasteiger charge is -2.19. The van der Waals surface area contributed by atoms with Crippen molar-refractivity contribution in [2.24, 2.45) is 0 Å². The Morgan fingerprint density at radius 1 is 0.947 bits per heavy atom. The summed E-state index contributed by atoms with van der Waals surface area (Å²) in [5.41, 5.74) is 0. The molecule has 0 bridgehead atoms. The van der Waals surface area contributed by atoms with E-state index in [4.69, 9.17) is 0 Å². The molecule has 1 aromatic heterocycles. The van der Waals surface area contributed by atoms with Gasteiger partial charge in [-0.1, -0.05) is 20.8 Å². The lowest BCUT2D eigenvalue weighted by atomic mass is 10.4. The summed E-state index contributed by atoms with van der Waals surface area (Å²) in [6.45, 7) is 11.7. The first-order valence-corrected chi connectivity index (χ1v) is 7.32. The maximum atomic E-state index is 4.48. The van der Waals surface area contributed by atoms with Gasteiger partial charge in [-0.25, -0.2) is 4.98 Å². The van der Waals surface area contributed by atoms with Crippen LogP contribution in [0.2, 0.25) is 0 Å². The van der Waals surface area contributed by atoms with Gasteiger partial charge in [0.25, 0.3) is 0 Å². The fourth-order valence-electron chi connectivity index (χ4n) is 1.88. The zero-order valence-corrected chi connectivity index (χ0v) is 12.4. The monoisotopic (exact) mass is 265 g/mol. The van der Waals surface area contributed by atoms with E-state index in [1.807, 2.05) is 0 Å². The Labute approximate surface area is 116 Å². The lowest BCUT2D eigenvalue weighted by molar-refractivity contribution is 0.300. The molecule has 108 valence electrons. The zero-order valence-electron chi connectivity index (χ0n) is 12.4. The van der Waals surface area contributed by atoms with Gasteiger partial charge in [-0.3, -0.25) is 4.98 Å². The van der Waals surface area contributed by atoms with Crippen LogP contribution in [0.3, 0.4) is 0 Å². The van der Waals surface area contributed by atoms with Crippen LogP contribution in [0.5, 0.6) is 0 Å². The van der Waals surface area contributed by atoms with Gasteiger partial charge in [0.2, 0.25) is 0 Å². The average molecular weight is 265 g/mol. The summed E-state index contributed by atoms with van der Waals surface area (Å²) in [7, 11) is 0. The van der Waals surface area contributed by atoms with Crippen molar-refractivity contribution in [3.8, 4) is 0 Å². The second-order valence-electron chi connectivity index (χ2n) is 4.58. The Bertz CT molecular complexity index is 342. The van der Waals surface area contributed by atoms with Gasteiger partial charge in [0, 0.05) is 19.6 Å². The normalized spacial score (nSPS) is 10.7. The summed E-state index contributed by atoms with van der Waals surface area (Å²) in [5, 5.41) is 6.57. The van der Waals surface area contributed by atoms with Crippen LogP contribution < -0.4 is 10.6 Å². The molecule has 0 radical (unpaired) electrons. The average Bonchev–Trinajstić information content (AvgIpc) is 2.44. The SMILES string of the molecule is CCCNc1cncc(NCCN(CC)CCC)n1. The molecule has 0 saturated heterocycles. The Balaban J connectivity index is 2.35. The van der Waals surface area contributed by atoms with Gasteiger partial charge in [-0.15, -0.1) is 0 Å². The molecule has 1 heterocycles. The molecule has 0 fully saturated rings. The molecule has 0 aliphatic rings. The Morgan fingerprint density at radius 3 is 2.21 bits per heavy atom. The first-order valence-electron chi connectivity index (χ1n) is 7.32. The molecular formula is C14H27N5. The van der Waals surface area contributed by atoms with Crippen LogP contribution in [0.4, 0.5) is 11.6 Å². The Hall–Kier alpha value is -1.36. The molecule has 5 heteroatoms. The van der Waals surface area contributed by atoms with Crippen molar-refractivity contribution in [2.45, 2.75) is 33.6 Å². The summed E-state index contributed by atoms with van der Waals surface area (Å²) >= 11 is 0. The van der Waals surface area contributed by atoms with Gasteiger partial charge >= 0.3 is 0 Å². The number of rotatable bonds is 10. The van der Waals surface area contributed by atoms with E-state index < -0.39 is 0 Å². The molecule has 2 N–H and O–H groups in total. The number of nitrogens with one attached hydrogen (secondary N) is 2. The molecule has 0 atom stereocenters. The van der Waals surface area contributed by atoms with E-state index in [1.54, 1.807) is 12.4 Å². The maximum Gasteiger partial charge on any atom is 0.147 e. The fraction of sp³-hybridized carbons (Fsp3) is 0.714. The molecule has 0 unspecified atom stereocenters. The largest absolute Gasteiger partial charge is 0.369 e. The van der Waals surface area contributed by atoms with E-state index in [2.05, 4.69) is 46.3 Å². The fourth-order valence-corrected chi connectivity index (χ4v) is 1.88. The molecule has 0 aliphatic heterocycles. The molecule has 1 rings (SSSR count). The lowest BCUT2D eigenvalue weighted by Crippen LogP contribution is -2.29. The van der Waals surface area contributed by atoms with Crippen molar-refractivity contribution in [3.05, 3.63) is 12.4 Å². The predicted octanol–water partition coefficient (Wildman–Crippen LogP) is 2.44. The maximum absolute atomic E-state index is 4.48. The Kier molecular flexibility index (Phi) is 7.89. The molecule has 0 saturated carbocycles. The van der Waals surface area contributed by atoms with Crippen LogP contribution in [0.25, 0.3) is 0 Å². The third kappa shape index (κ3) is 6.38. The van der Waals surface area contributed by atoms with Crippen molar-refractivity contribution in [2.75, 3.05) is 43.4 Å². The highest BCUT2D eigenvalue weighted by Crippen LogP contribution is 2.06. The van der Waals surface area contributed by atoms with Crippen molar-refractivity contribution < 1.29 is 0 Å². The summed E-state index contributed by atoms with van der Waals surface area (Å²) in [6, 6.07) is 0. The van der Waals surface area contributed by atoms with Crippen LogP contribution in [0.1, 0.15) is 33.6 Å². The number of anilines is 2. The quantitative estimate of drug-likeness (QED) is 0.680. The van der Waals surface area contributed by atoms with E-state index in [-0.39, 0.29) is 0 Å². The standard InChI is InChI=1S/C14H27N5/c1-4-7-16-13-11-15-12-14(18-13)17-8-10-19(6-3)9-5-2/h11-12H,4-10H2,1-3H3,(H2,16,17,18). The van der Waals surface area contributed by atoms with Crippen LogP contribution in [-0.2, 0) is 0 Å². The third-order valence-electron chi connectivity index (χ3n) is 2.91. The number of likely N-dealkylation sites (N-methyl/N-ethyl adjacent to an activating group) is 1. The van der Waals surface area contributed by atoms with Crippen molar-refractivity contribution in [3.63, 3.8) is 0 Å². The van der Waals surface area contributed by atoms with E-state index in [0.717, 1.165) is 50.8 Å². The highest BCUT2D eigenvalue weighted by atomic mass is 15.1. The highest BCUT2D eigenvalue weighted by molar-refractivity contribution is 5.41. The number of nitrogens with zero attached hydrogens (tertiary/aromatic N) is 3. The van der Waals surface area contributed by atoms with E-state index in [9.17, 15) is 0 Å². The summed E-state index contributed by atoms with van der Waals surface area (Å²) in [4.78, 5) is 11.1. The van der Waals surface area contributed by atoms with Crippen LogP contribution >= 0.6 is 0 Å². The molecular weight excluding hydrogens is 238 g/mol. The molecule has 0 amide bonds. The third-order valence-corrected chi connectivity index (χ3v) is 2.91. The van der Waals surface area contributed by atoms with E-state index in [1.165, 1.54) is 6.42 Å². The molecule has 1 aromatic rings. The second kappa shape index (κ2) is 9.55. The van der Waals surface area contributed by atoms with Gasteiger partial charge in [0.05, 0.1) is 12.4 Å². The first kappa shape index (κ1) is 15.7. The predicted molar refractivity (Wildman–Crippen MR) is 81.7 cm³/mol. The Morgan fingerprint density at radius 2 is 1.63 bits per heavy atom. The van der Waals surface area contributed by atoms with Crippen LogP contribution in [-0.4, -0.2) is 47.6 Å². The minimum atomic E-state index is 0.841. The molecule has 19 heavy (non-hydrogen) atoms. The van der Waals surface area contributed by atoms with Gasteiger partial charge in [-0.2, -0.15) is 0 Å². The molecule has 0 aliphatic carbocycles. The zero-order chi connectivity index (χ0) is 13.9. The summed E-state index contributed by atoms with van der Waals surface area (Å²) in [6.07, 6.45) is 5.81. The second-order valence-corrected chi connectivity index (χ2v) is 4.58. The van der Waals surface area contributed by atoms with Crippen LogP contribution in [0, 0.1) is 0 Å². The molecule has 0 aromatic carbocycles. The van der Waals surface area contributed by atoms with E-state index in [0.29, 0.717) is 0 Å². The van der Waals surface area contributed by atoms with Crippen LogP contribution in [0.15, 0.2) is 12.4 Å². The minimum Gasteiger partial charge on any atom is -0.369 e. The summed E-state index contributed by atoms with van der Waals surface area (Å²) in [5.74, 6) is 1.68. The highest BCUT2D eigenvalue weighted by Gasteiger charge is 2.01. The minimum absolute atomic E-state index is 0.841. The van der Waals surface area contributed by atoms with Gasteiger partial charge in [0.15, 0.2) is 0 Å². The number of hydrogen-bond acceptors (Lipinski definition) is 5. The number of aromatic nitrogens is 2. The van der Waals surface area contributed by atoms with Crippen molar-refractivity contribution in [1.29, 1.82) is 0 Å². The number of hydrogen-bond donors (Lipinski definition) is 2. The van der Waals surface area contributed by atoms with Gasteiger partial charge < -0.3 is 15.5 Å². The molecule has 0 spiro atoms. The van der Waals surface area contributed by atoms with Crippen molar-refractivity contribution in [1.82, 2.24) is 14.9 Å². The van der Waals surface area contributed by atoms with Gasteiger partial charge in [0.1, 0.15) is 11.6 Å². The summed E-state index contributed by atoms with van der Waals surface area (Å²) < 4.78 is 0. The van der Waals surface area contributed by atoms with E-state index >= 15 is 0 Å².